The van der Waals surface area contributed by atoms with Crippen molar-refractivity contribution in [3.63, 3.8) is 0 Å². The molecule has 0 saturated carbocycles. The van der Waals surface area contributed by atoms with Gasteiger partial charge in [0.2, 0.25) is 18.6 Å². The van der Waals surface area contributed by atoms with E-state index in [1.807, 2.05) is 100 Å². The second-order valence-corrected chi connectivity index (χ2v) is 10.6. The highest BCUT2D eigenvalue weighted by Crippen LogP contribution is 2.33. The third-order valence-corrected chi connectivity index (χ3v) is 6.44. The monoisotopic (exact) mass is 500 g/mol. The fourth-order valence-corrected chi connectivity index (χ4v) is 4.47. The predicted molar refractivity (Wildman–Crippen MR) is 144 cm³/mol. The molecule has 0 fully saturated rings. The molecule has 4 rings (SSSR count). The maximum absolute atomic E-state index is 13.9. The van der Waals surface area contributed by atoms with Crippen molar-refractivity contribution in [2.24, 2.45) is 0 Å². The van der Waals surface area contributed by atoms with Gasteiger partial charge < -0.3 is 19.7 Å². The van der Waals surface area contributed by atoms with Crippen LogP contribution in [0.4, 0.5) is 0 Å². The summed E-state index contributed by atoms with van der Waals surface area (Å²) < 4.78 is 10.9. The van der Waals surface area contributed by atoms with Crippen LogP contribution in [0.25, 0.3) is 0 Å². The molecule has 1 aliphatic heterocycles. The predicted octanol–water partition coefficient (Wildman–Crippen LogP) is 5.21. The van der Waals surface area contributed by atoms with Crippen LogP contribution >= 0.6 is 0 Å². The van der Waals surface area contributed by atoms with Gasteiger partial charge in [0.05, 0.1) is 0 Å². The molecule has 194 valence electrons. The van der Waals surface area contributed by atoms with E-state index in [-0.39, 0.29) is 25.0 Å². The summed E-state index contributed by atoms with van der Waals surface area (Å²) in [6, 6.07) is 23.0. The van der Waals surface area contributed by atoms with Gasteiger partial charge in [-0.2, -0.15) is 0 Å². The molecule has 2 amide bonds. The summed E-state index contributed by atoms with van der Waals surface area (Å²) in [4.78, 5) is 29.3. The summed E-state index contributed by atoms with van der Waals surface area (Å²) in [5, 5.41) is 3.11. The van der Waals surface area contributed by atoms with Crippen LogP contribution in [0.1, 0.15) is 49.4 Å². The van der Waals surface area contributed by atoms with E-state index < -0.39 is 11.6 Å². The van der Waals surface area contributed by atoms with E-state index in [0.29, 0.717) is 25.1 Å². The van der Waals surface area contributed by atoms with Crippen molar-refractivity contribution in [2.75, 3.05) is 6.79 Å². The van der Waals surface area contributed by atoms with Crippen LogP contribution in [0.15, 0.2) is 72.8 Å². The van der Waals surface area contributed by atoms with E-state index in [1.54, 1.807) is 4.90 Å². The van der Waals surface area contributed by atoms with Gasteiger partial charge in [0.25, 0.3) is 0 Å². The highest BCUT2D eigenvalue weighted by atomic mass is 16.7. The van der Waals surface area contributed by atoms with E-state index in [9.17, 15) is 9.59 Å². The third kappa shape index (κ3) is 7.13. The average molecular weight is 501 g/mol. The zero-order chi connectivity index (χ0) is 26.4. The van der Waals surface area contributed by atoms with Crippen molar-refractivity contribution in [3.05, 3.63) is 95.1 Å². The lowest BCUT2D eigenvalue weighted by molar-refractivity contribution is -0.141. The number of ether oxygens (including phenoxy) is 2. The first-order chi connectivity index (χ1) is 17.7. The lowest BCUT2D eigenvalue weighted by atomic mass is 9.99. The van der Waals surface area contributed by atoms with Gasteiger partial charge in [-0.25, -0.2) is 0 Å². The molecule has 0 radical (unpaired) electrons. The molecule has 0 aromatic heterocycles. The molecule has 6 nitrogen and oxygen atoms in total. The molecule has 0 saturated heterocycles. The Balaban J connectivity index is 1.62. The quantitative estimate of drug-likeness (QED) is 0.438. The molecule has 0 spiro atoms. The normalized spacial score (nSPS) is 13.2. The molecule has 0 aliphatic carbocycles. The minimum Gasteiger partial charge on any atom is -0.454 e. The fraction of sp³-hybridized carbons (Fsp3) is 0.355. The van der Waals surface area contributed by atoms with Gasteiger partial charge in [0, 0.05) is 24.9 Å². The van der Waals surface area contributed by atoms with Crippen LogP contribution < -0.4 is 14.8 Å². The Morgan fingerprint density at radius 1 is 0.919 bits per heavy atom. The second kappa shape index (κ2) is 11.5. The zero-order valence-electron chi connectivity index (χ0n) is 22.1. The number of carbonyl (C=O) groups excluding carboxylic acids is 2. The molecule has 3 aromatic rings. The Hall–Kier alpha value is -3.80. The van der Waals surface area contributed by atoms with Crippen LogP contribution in [-0.2, 0) is 29.0 Å². The molecular weight excluding hydrogens is 464 g/mol. The van der Waals surface area contributed by atoms with E-state index in [0.717, 1.165) is 28.0 Å². The van der Waals surface area contributed by atoms with Gasteiger partial charge in [-0.05, 0) is 68.5 Å². The number of benzene rings is 3. The summed E-state index contributed by atoms with van der Waals surface area (Å²) in [5.41, 5.74) is 3.70. The van der Waals surface area contributed by atoms with Gasteiger partial charge in [-0.1, -0.05) is 60.7 Å². The second-order valence-electron chi connectivity index (χ2n) is 10.6. The molecule has 6 heteroatoms. The lowest BCUT2D eigenvalue weighted by Crippen LogP contribution is -2.54. The molecule has 1 unspecified atom stereocenters. The van der Waals surface area contributed by atoms with E-state index >= 15 is 0 Å². The zero-order valence-corrected chi connectivity index (χ0v) is 22.1. The maximum atomic E-state index is 13.9. The Morgan fingerprint density at radius 3 is 2.35 bits per heavy atom. The smallest absolute Gasteiger partial charge is 0.243 e. The molecule has 3 aromatic carbocycles. The van der Waals surface area contributed by atoms with Gasteiger partial charge >= 0.3 is 0 Å². The van der Waals surface area contributed by atoms with Crippen LogP contribution in [0.3, 0.4) is 0 Å². The van der Waals surface area contributed by atoms with Crippen LogP contribution in [-0.4, -0.2) is 35.1 Å². The first-order valence-corrected chi connectivity index (χ1v) is 12.8. The van der Waals surface area contributed by atoms with E-state index in [4.69, 9.17) is 9.47 Å². The standard InChI is InChI=1S/C31H36N2O4/c1-22-10-8-9-13-25(22)20-33(29(34)17-15-24-14-16-27-28(19-24)37-21-36-27)26(30(35)32-31(2,3)4)18-23-11-6-5-7-12-23/h5-14,16,19,26H,15,17-18,20-21H2,1-4H3,(H,32,35). The van der Waals surface area contributed by atoms with Crippen LogP contribution in [0, 0.1) is 6.92 Å². The van der Waals surface area contributed by atoms with Crippen LogP contribution in [0.5, 0.6) is 11.5 Å². The highest BCUT2D eigenvalue weighted by molar-refractivity contribution is 5.88. The highest BCUT2D eigenvalue weighted by Gasteiger charge is 2.32. The number of aryl methyl sites for hydroxylation is 2. The number of hydrogen-bond acceptors (Lipinski definition) is 4. The number of amides is 2. The first-order valence-electron chi connectivity index (χ1n) is 12.8. The Morgan fingerprint density at radius 2 is 1.62 bits per heavy atom. The van der Waals surface area contributed by atoms with Crippen molar-refractivity contribution in [1.82, 2.24) is 10.2 Å². The summed E-state index contributed by atoms with van der Waals surface area (Å²) in [6.07, 6.45) is 1.25. The van der Waals surface area contributed by atoms with Crippen molar-refractivity contribution < 1.29 is 19.1 Å². The molecule has 37 heavy (non-hydrogen) atoms. The molecule has 1 aliphatic rings. The SMILES string of the molecule is Cc1ccccc1CN(C(=O)CCc1ccc2c(c1)OCO2)C(Cc1ccccc1)C(=O)NC(C)(C)C. The number of hydrogen-bond donors (Lipinski definition) is 1. The summed E-state index contributed by atoms with van der Waals surface area (Å²) in [5.74, 6) is 1.21. The lowest BCUT2D eigenvalue weighted by Gasteiger charge is -2.34. The van der Waals surface area contributed by atoms with Crippen molar-refractivity contribution in [3.8, 4) is 11.5 Å². The first kappa shape index (κ1) is 26.3. The average Bonchev–Trinajstić information content (AvgIpc) is 3.33. The number of fused-ring (bicyclic) bond motifs is 1. The number of carbonyl (C=O) groups is 2. The van der Waals surface area contributed by atoms with Crippen LogP contribution in [0.2, 0.25) is 0 Å². The molecular formula is C31H36N2O4. The molecule has 1 atom stereocenters. The van der Waals surface area contributed by atoms with Gasteiger partial charge in [-0.3, -0.25) is 9.59 Å². The maximum Gasteiger partial charge on any atom is 0.243 e. The Bertz CT molecular complexity index is 1230. The van der Waals surface area contributed by atoms with E-state index in [1.165, 1.54) is 0 Å². The molecule has 0 bridgehead atoms. The van der Waals surface area contributed by atoms with Gasteiger partial charge in [0.15, 0.2) is 11.5 Å². The molecule has 1 N–H and O–H groups in total. The molecule has 1 heterocycles. The summed E-state index contributed by atoms with van der Waals surface area (Å²) in [7, 11) is 0. The van der Waals surface area contributed by atoms with Crippen molar-refractivity contribution in [2.45, 2.75) is 65.1 Å². The summed E-state index contributed by atoms with van der Waals surface area (Å²) in [6.45, 7) is 8.48. The number of nitrogens with zero attached hydrogens (tertiary/aromatic N) is 1. The summed E-state index contributed by atoms with van der Waals surface area (Å²) >= 11 is 0. The number of nitrogens with one attached hydrogen (secondary N) is 1. The largest absolute Gasteiger partial charge is 0.454 e. The number of rotatable bonds is 9. The Labute approximate surface area is 219 Å². The van der Waals surface area contributed by atoms with Crippen molar-refractivity contribution in [1.29, 1.82) is 0 Å². The van der Waals surface area contributed by atoms with E-state index in [2.05, 4.69) is 5.32 Å². The van der Waals surface area contributed by atoms with Gasteiger partial charge in [-0.15, -0.1) is 0 Å². The van der Waals surface area contributed by atoms with Gasteiger partial charge in [0.1, 0.15) is 6.04 Å². The minimum absolute atomic E-state index is 0.0640. The Kier molecular flexibility index (Phi) is 8.17. The fourth-order valence-electron chi connectivity index (χ4n) is 4.47. The van der Waals surface area contributed by atoms with Crippen molar-refractivity contribution >= 4 is 11.8 Å². The minimum atomic E-state index is -0.648. The topological polar surface area (TPSA) is 67.9 Å². The third-order valence-electron chi connectivity index (χ3n) is 6.44.